The summed E-state index contributed by atoms with van der Waals surface area (Å²) in [7, 11) is 1.38. The average molecular weight is 469 g/mol. The lowest BCUT2D eigenvalue weighted by Gasteiger charge is -2.13. The van der Waals surface area contributed by atoms with Crippen LogP contribution >= 0.6 is 0 Å². The fourth-order valence-corrected chi connectivity index (χ4v) is 4.17. The van der Waals surface area contributed by atoms with Gasteiger partial charge in [-0.1, -0.05) is 12.1 Å². The first kappa shape index (κ1) is 25.6. The van der Waals surface area contributed by atoms with Gasteiger partial charge in [0.2, 0.25) is 4.91 Å². The van der Waals surface area contributed by atoms with Crippen molar-refractivity contribution in [3.63, 3.8) is 0 Å². The van der Waals surface area contributed by atoms with Gasteiger partial charge in [-0.2, -0.15) is 8.42 Å². The van der Waals surface area contributed by atoms with Crippen molar-refractivity contribution in [1.82, 2.24) is 15.5 Å². The first-order chi connectivity index (χ1) is 15.3. The molecule has 0 atom stereocenters. The Morgan fingerprint density at radius 3 is 2.62 bits per heavy atom. The van der Waals surface area contributed by atoms with Gasteiger partial charge in [0.1, 0.15) is 11.4 Å². The second kappa shape index (κ2) is 12.4. The average Bonchev–Trinajstić information content (AvgIpc) is 2.97. The Bertz CT molecular complexity index is 943. The molecule has 0 saturated carbocycles. The highest BCUT2D eigenvalue weighted by Crippen LogP contribution is 2.23. The molecule has 0 aliphatic carbocycles. The summed E-state index contributed by atoms with van der Waals surface area (Å²) < 4.78 is 44.3. The minimum absolute atomic E-state index is 0.0546. The monoisotopic (exact) mass is 468 g/mol. The van der Waals surface area contributed by atoms with Crippen molar-refractivity contribution in [3.05, 3.63) is 40.4 Å². The molecule has 1 aromatic rings. The number of hydrogen-bond donors (Lipinski definition) is 2. The van der Waals surface area contributed by atoms with Crippen LogP contribution in [-0.4, -0.2) is 79.2 Å². The van der Waals surface area contributed by atoms with E-state index < -0.39 is 20.9 Å². The molecule has 2 N–H and O–H groups in total. The minimum atomic E-state index is -4.15. The first-order valence-electron chi connectivity index (χ1n) is 10.4. The molecule has 0 unspecified atom stereocenters. The number of amidine groups is 1. The van der Waals surface area contributed by atoms with Crippen molar-refractivity contribution in [2.24, 2.45) is 4.40 Å². The molecule has 0 spiro atoms. The van der Waals surface area contributed by atoms with Gasteiger partial charge in [-0.25, -0.2) is 4.79 Å². The van der Waals surface area contributed by atoms with Crippen LogP contribution in [0.2, 0.25) is 0 Å². The zero-order valence-electron chi connectivity index (χ0n) is 19.0. The van der Waals surface area contributed by atoms with Gasteiger partial charge >= 0.3 is 5.97 Å². The molecule has 0 bridgehead atoms. The molecular formula is C21H32N4O6S. The van der Waals surface area contributed by atoms with Crippen LogP contribution in [0, 0.1) is 0 Å². The van der Waals surface area contributed by atoms with E-state index >= 15 is 0 Å². The number of sulfonamides is 1. The van der Waals surface area contributed by atoms with E-state index in [1.807, 2.05) is 38.4 Å². The summed E-state index contributed by atoms with van der Waals surface area (Å²) in [5.41, 5.74) is 1.25. The highest BCUT2D eigenvalue weighted by molar-refractivity contribution is 7.95. The van der Waals surface area contributed by atoms with E-state index in [0.717, 1.165) is 17.9 Å². The number of ether oxygens (including phenoxy) is 3. The van der Waals surface area contributed by atoms with Crippen molar-refractivity contribution in [2.75, 3.05) is 54.1 Å². The van der Waals surface area contributed by atoms with Crippen LogP contribution in [0.25, 0.3) is 0 Å². The summed E-state index contributed by atoms with van der Waals surface area (Å²) in [6, 6.07) is 7.88. The maximum Gasteiger partial charge on any atom is 0.354 e. The summed E-state index contributed by atoms with van der Waals surface area (Å²) in [6.07, 6.45) is 0.594. The normalized spacial score (nSPS) is 15.0. The number of hydrogen-bond acceptors (Lipinski definition) is 9. The smallest absolute Gasteiger partial charge is 0.354 e. The Hall–Kier alpha value is -2.63. The first-order valence-corrected chi connectivity index (χ1v) is 11.8. The number of methoxy groups -OCH3 is 1. The molecule has 1 heterocycles. The molecule has 0 fully saturated rings. The summed E-state index contributed by atoms with van der Waals surface area (Å²) in [6.45, 7) is 3.94. The van der Waals surface area contributed by atoms with Crippen LogP contribution in [-0.2, 0) is 30.8 Å². The van der Waals surface area contributed by atoms with Crippen molar-refractivity contribution < 1.29 is 27.4 Å². The fourth-order valence-electron chi connectivity index (χ4n) is 2.98. The molecule has 1 aromatic carbocycles. The molecule has 0 amide bonds. The van der Waals surface area contributed by atoms with Gasteiger partial charge in [-0.3, -0.25) is 0 Å². The summed E-state index contributed by atoms with van der Waals surface area (Å²) in [5, 5.41) is 5.89. The molecule has 32 heavy (non-hydrogen) atoms. The predicted octanol–water partition coefficient (Wildman–Crippen LogP) is 0.859. The lowest BCUT2D eigenvalue weighted by Crippen LogP contribution is -2.34. The topological polar surface area (TPSA) is 119 Å². The predicted molar refractivity (Wildman–Crippen MR) is 122 cm³/mol. The zero-order chi connectivity index (χ0) is 23.6. The molecule has 10 nitrogen and oxygen atoms in total. The van der Waals surface area contributed by atoms with E-state index in [1.54, 1.807) is 6.92 Å². The van der Waals surface area contributed by atoms with E-state index in [0.29, 0.717) is 32.7 Å². The van der Waals surface area contributed by atoms with Gasteiger partial charge in [-0.05, 0) is 45.1 Å². The van der Waals surface area contributed by atoms with Gasteiger partial charge in [0.05, 0.1) is 19.8 Å². The number of benzene rings is 1. The molecule has 0 saturated heterocycles. The van der Waals surface area contributed by atoms with Crippen molar-refractivity contribution in [2.45, 2.75) is 19.9 Å². The van der Waals surface area contributed by atoms with E-state index in [9.17, 15) is 13.2 Å². The van der Waals surface area contributed by atoms with E-state index in [-0.39, 0.29) is 18.1 Å². The van der Waals surface area contributed by atoms with Gasteiger partial charge in [0, 0.05) is 26.7 Å². The van der Waals surface area contributed by atoms with Gasteiger partial charge in [-0.15, -0.1) is 4.40 Å². The molecule has 178 valence electrons. The SMILES string of the molecule is CCOC(=O)C1=C(NCCOC)C(NCCCOc2cccc(CN(C)C)c2)=NS1(=O)=O. The molecule has 1 aliphatic heterocycles. The van der Waals surface area contributed by atoms with Crippen molar-refractivity contribution in [1.29, 1.82) is 0 Å². The van der Waals surface area contributed by atoms with Crippen LogP contribution in [0.5, 0.6) is 5.75 Å². The molecule has 0 aromatic heterocycles. The third-order valence-corrected chi connectivity index (χ3v) is 5.59. The summed E-state index contributed by atoms with van der Waals surface area (Å²) in [5.74, 6) is -0.0809. The number of carbonyl (C=O) groups is 1. The second-order valence-corrected chi connectivity index (χ2v) is 8.81. The highest BCUT2D eigenvalue weighted by Gasteiger charge is 2.38. The molecular weight excluding hydrogens is 436 g/mol. The van der Waals surface area contributed by atoms with Crippen LogP contribution < -0.4 is 15.4 Å². The van der Waals surface area contributed by atoms with Crippen LogP contribution in [0.15, 0.2) is 39.3 Å². The largest absolute Gasteiger partial charge is 0.494 e. The van der Waals surface area contributed by atoms with Crippen LogP contribution in [0.3, 0.4) is 0 Å². The summed E-state index contributed by atoms with van der Waals surface area (Å²) >= 11 is 0. The highest BCUT2D eigenvalue weighted by atomic mass is 32.2. The Labute approximate surface area is 189 Å². The van der Waals surface area contributed by atoms with Crippen molar-refractivity contribution >= 4 is 21.8 Å². The fraction of sp³-hybridized carbons (Fsp3) is 0.524. The Kier molecular flexibility index (Phi) is 9.95. The van der Waals surface area contributed by atoms with Crippen LogP contribution in [0.4, 0.5) is 0 Å². The second-order valence-electron chi connectivity index (χ2n) is 7.27. The number of esters is 1. The van der Waals surface area contributed by atoms with E-state index in [4.69, 9.17) is 14.2 Å². The van der Waals surface area contributed by atoms with Crippen molar-refractivity contribution in [3.8, 4) is 5.75 Å². The Morgan fingerprint density at radius 1 is 1.16 bits per heavy atom. The third kappa shape index (κ3) is 7.50. The maximum atomic E-state index is 12.4. The van der Waals surface area contributed by atoms with Gasteiger partial charge in [0.15, 0.2) is 5.84 Å². The van der Waals surface area contributed by atoms with Crippen LogP contribution in [0.1, 0.15) is 18.9 Å². The molecule has 11 heteroatoms. The molecule has 1 aliphatic rings. The Morgan fingerprint density at radius 2 is 1.94 bits per heavy atom. The van der Waals surface area contributed by atoms with E-state index in [1.165, 1.54) is 7.11 Å². The Balaban J connectivity index is 1.96. The summed E-state index contributed by atoms with van der Waals surface area (Å²) in [4.78, 5) is 13.8. The third-order valence-electron chi connectivity index (χ3n) is 4.28. The number of rotatable bonds is 13. The number of carbonyl (C=O) groups excluding carboxylic acids is 1. The van der Waals surface area contributed by atoms with Gasteiger partial charge < -0.3 is 29.7 Å². The molecule has 2 rings (SSSR count). The standard InChI is InChI=1S/C21H32N4O6S/c1-5-30-21(26)19-18(22-11-13-29-4)20(24-32(19,27)28)23-10-7-12-31-17-9-6-8-16(14-17)15-25(2)3/h6,8-9,14,22H,5,7,10-13,15H2,1-4H3,(H,23,24). The minimum Gasteiger partial charge on any atom is -0.494 e. The van der Waals surface area contributed by atoms with Gasteiger partial charge in [0.25, 0.3) is 10.0 Å². The maximum absolute atomic E-state index is 12.4. The quantitative estimate of drug-likeness (QED) is 0.321. The number of nitrogens with zero attached hydrogens (tertiary/aromatic N) is 2. The lowest BCUT2D eigenvalue weighted by atomic mass is 10.2. The van der Waals surface area contributed by atoms with E-state index in [2.05, 4.69) is 19.9 Å². The molecule has 0 radical (unpaired) electrons. The number of nitrogens with one attached hydrogen (secondary N) is 2. The lowest BCUT2D eigenvalue weighted by molar-refractivity contribution is -0.137. The zero-order valence-corrected chi connectivity index (χ0v) is 19.8.